The molecule has 0 saturated carbocycles. The number of benzene rings is 2. The van der Waals surface area contributed by atoms with E-state index in [1.54, 1.807) is 39.4 Å². The first-order chi connectivity index (χ1) is 19.7. The summed E-state index contributed by atoms with van der Waals surface area (Å²) in [5, 5.41) is 14.6. The van der Waals surface area contributed by atoms with Crippen LogP contribution in [0.2, 0.25) is 15.1 Å². The summed E-state index contributed by atoms with van der Waals surface area (Å²) in [5.74, 6) is 0.0207. The zero-order valence-electron chi connectivity index (χ0n) is 22.2. The van der Waals surface area contributed by atoms with Crippen LogP contribution in [-0.2, 0) is 13.6 Å². The Hall–Kier alpha value is -3.66. The van der Waals surface area contributed by atoms with Crippen molar-refractivity contribution in [2.24, 2.45) is 7.05 Å². The molecule has 2 unspecified atom stereocenters. The number of nitrogens with zero attached hydrogens (tertiary/aromatic N) is 6. The maximum atomic E-state index is 13.4. The van der Waals surface area contributed by atoms with Crippen LogP contribution in [0.3, 0.4) is 0 Å². The first-order valence-corrected chi connectivity index (χ1v) is 14.2. The summed E-state index contributed by atoms with van der Waals surface area (Å²) in [6.45, 7) is 2.79. The zero-order valence-corrected chi connectivity index (χ0v) is 24.5. The molecule has 1 aliphatic rings. The fourth-order valence-corrected chi connectivity index (χ4v) is 6.23. The third-order valence-corrected chi connectivity index (χ3v) is 8.56. The van der Waals surface area contributed by atoms with Gasteiger partial charge in [0.2, 0.25) is 0 Å². The molecule has 41 heavy (non-hydrogen) atoms. The van der Waals surface area contributed by atoms with Crippen molar-refractivity contribution in [1.82, 2.24) is 29.6 Å². The number of carbonyl (C=O) groups excluding carboxylic acids is 1. The Labute approximate surface area is 250 Å². The molecule has 4 heterocycles. The number of rotatable bonds is 5. The predicted molar refractivity (Wildman–Crippen MR) is 158 cm³/mol. The normalized spacial score (nSPS) is 17.3. The first kappa shape index (κ1) is 27.5. The number of fused-ring (bicyclic) bond motifs is 1. The number of hydrogen-bond donors (Lipinski definition) is 0. The van der Waals surface area contributed by atoms with Crippen LogP contribution in [0, 0.1) is 0 Å². The van der Waals surface area contributed by atoms with Crippen LogP contribution in [0.5, 0.6) is 0 Å². The fraction of sp³-hybridized carbons (Fsp3) is 0.276. The van der Waals surface area contributed by atoms with Crippen LogP contribution in [0.1, 0.15) is 47.4 Å². The number of likely N-dealkylation sites (tertiary alicyclic amines) is 1. The third kappa shape index (κ3) is 5.14. The minimum Gasteiger partial charge on any atom is -0.354 e. The van der Waals surface area contributed by atoms with Gasteiger partial charge in [0.1, 0.15) is 5.02 Å². The number of amides is 1. The van der Waals surface area contributed by atoms with Crippen molar-refractivity contribution in [2.75, 3.05) is 6.54 Å². The van der Waals surface area contributed by atoms with E-state index in [4.69, 9.17) is 39.3 Å². The number of carbonyl (C=O) groups is 1. The standard InChI is InChI=1S/C29H25Cl3N6O3/c1-16-11-17(23-15-37(35-33-23)14-19-12-18-5-3-4-6-24(18)36(2)28(19)39)9-10-38(16)29(40)26-25(32)27(41-34-26)21-8-7-20(30)13-22(21)31/h3-8,12-13,15-17H,9-11,14H2,1-2H3. The summed E-state index contributed by atoms with van der Waals surface area (Å²) < 4.78 is 8.78. The van der Waals surface area contributed by atoms with E-state index in [1.807, 2.05) is 43.5 Å². The molecule has 210 valence electrons. The molecule has 0 radical (unpaired) electrons. The molecule has 0 aliphatic carbocycles. The van der Waals surface area contributed by atoms with E-state index in [1.165, 1.54) is 0 Å². The van der Waals surface area contributed by atoms with Crippen molar-refractivity contribution in [3.05, 3.63) is 97.1 Å². The van der Waals surface area contributed by atoms with E-state index in [0.717, 1.165) is 16.6 Å². The van der Waals surface area contributed by atoms with E-state index in [9.17, 15) is 9.59 Å². The number of pyridine rings is 1. The van der Waals surface area contributed by atoms with Gasteiger partial charge < -0.3 is 14.0 Å². The summed E-state index contributed by atoms with van der Waals surface area (Å²) in [6, 6.07) is 14.5. The summed E-state index contributed by atoms with van der Waals surface area (Å²) in [6.07, 6.45) is 3.27. The van der Waals surface area contributed by atoms with Crippen LogP contribution in [0.4, 0.5) is 0 Å². The Morgan fingerprint density at radius 3 is 2.71 bits per heavy atom. The van der Waals surface area contributed by atoms with Gasteiger partial charge in [0, 0.05) is 47.9 Å². The van der Waals surface area contributed by atoms with Crippen LogP contribution >= 0.6 is 34.8 Å². The number of aryl methyl sites for hydroxylation is 1. The van der Waals surface area contributed by atoms with E-state index in [2.05, 4.69) is 15.5 Å². The third-order valence-electron chi connectivity index (χ3n) is 7.66. The van der Waals surface area contributed by atoms with Gasteiger partial charge in [-0.3, -0.25) is 9.59 Å². The van der Waals surface area contributed by atoms with Gasteiger partial charge in [-0.25, -0.2) is 4.68 Å². The highest BCUT2D eigenvalue weighted by molar-refractivity contribution is 6.38. The van der Waals surface area contributed by atoms with Gasteiger partial charge in [-0.2, -0.15) is 0 Å². The molecule has 0 spiro atoms. The van der Waals surface area contributed by atoms with Gasteiger partial charge in [-0.1, -0.05) is 63.4 Å². The van der Waals surface area contributed by atoms with E-state index < -0.39 is 0 Å². The Morgan fingerprint density at radius 2 is 1.93 bits per heavy atom. The lowest BCUT2D eigenvalue weighted by atomic mass is 9.89. The number of hydrogen-bond acceptors (Lipinski definition) is 6. The molecular weight excluding hydrogens is 587 g/mol. The maximum absolute atomic E-state index is 13.4. The number of halogens is 3. The minimum atomic E-state index is -0.308. The molecule has 1 fully saturated rings. The van der Waals surface area contributed by atoms with Crippen molar-refractivity contribution in [2.45, 2.75) is 38.3 Å². The van der Waals surface area contributed by atoms with E-state index >= 15 is 0 Å². The molecule has 0 bridgehead atoms. The highest BCUT2D eigenvalue weighted by Crippen LogP contribution is 2.38. The molecular formula is C29H25Cl3N6O3. The zero-order chi connectivity index (χ0) is 28.8. The lowest BCUT2D eigenvalue weighted by Gasteiger charge is -2.36. The first-order valence-electron chi connectivity index (χ1n) is 13.1. The second kappa shape index (κ2) is 11.0. The van der Waals surface area contributed by atoms with Crippen LogP contribution < -0.4 is 5.56 Å². The Morgan fingerprint density at radius 1 is 1.12 bits per heavy atom. The largest absolute Gasteiger partial charge is 0.354 e. The molecule has 12 heteroatoms. The molecule has 1 amide bonds. The topological polar surface area (TPSA) is 99.1 Å². The summed E-state index contributed by atoms with van der Waals surface area (Å²) in [7, 11) is 1.78. The molecule has 9 nitrogen and oxygen atoms in total. The second-order valence-electron chi connectivity index (χ2n) is 10.3. The van der Waals surface area contributed by atoms with Crippen molar-refractivity contribution >= 4 is 51.6 Å². The van der Waals surface area contributed by atoms with Crippen LogP contribution in [0.15, 0.2) is 64.0 Å². The summed E-state index contributed by atoms with van der Waals surface area (Å²) in [4.78, 5) is 28.1. The molecule has 1 saturated heterocycles. The average molecular weight is 612 g/mol. The fourth-order valence-electron chi connectivity index (χ4n) is 5.49. The summed E-state index contributed by atoms with van der Waals surface area (Å²) >= 11 is 18.8. The molecule has 6 rings (SSSR count). The summed E-state index contributed by atoms with van der Waals surface area (Å²) in [5.41, 5.74) is 2.84. The highest BCUT2D eigenvalue weighted by Gasteiger charge is 2.34. The van der Waals surface area contributed by atoms with Gasteiger partial charge in [0.15, 0.2) is 11.5 Å². The molecule has 2 aromatic carbocycles. The van der Waals surface area contributed by atoms with E-state index in [0.29, 0.717) is 47.1 Å². The number of para-hydroxylation sites is 1. The highest BCUT2D eigenvalue weighted by atomic mass is 35.5. The molecule has 2 atom stereocenters. The Bertz CT molecular complexity index is 1850. The smallest absolute Gasteiger partial charge is 0.277 e. The van der Waals surface area contributed by atoms with Crippen molar-refractivity contribution in [1.29, 1.82) is 0 Å². The quantitative estimate of drug-likeness (QED) is 0.235. The predicted octanol–water partition coefficient (Wildman–Crippen LogP) is 6.20. The van der Waals surface area contributed by atoms with Crippen LogP contribution in [-0.4, -0.2) is 48.1 Å². The molecule has 3 aromatic heterocycles. The van der Waals surface area contributed by atoms with Gasteiger partial charge >= 0.3 is 0 Å². The van der Waals surface area contributed by atoms with E-state index in [-0.39, 0.29) is 39.9 Å². The van der Waals surface area contributed by atoms with Gasteiger partial charge in [0.25, 0.3) is 11.5 Å². The molecule has 0 N–H and O–H groups in total. The Balaban J connectivity index is 1.15. The van der Waals surface area contributed by atoms with Gasteiger partial charge in [-0.15, -0.1) is 5.10 Å². The number of piperidine rings is 1. The monoisotopic (exact) mass is 610 g/mol. The second-order valence-corrected chi connectivity index (χ2v) is 11.5. The van der Waals surface area contributed by atoms with Crippen molar-refractivity contribution < 1.29 is 9.32 Å². The van der Waals surface area contributed by atoms with Crippen molar-refractivity contribution in [3.8, 4) is 11.3 Å². The lowest BCUT2D eigenvalue weighted by Crippen LogP contribution is -2.44. The van der Waals surface area contributed by atoms with Crippen LogP contribution in [0.25, 0.3) is 22.2 Å². The van der Waals surface area contributed by atoms with Gasteiger partial charge in [0.05, 0.1) is 22.8 Å². The maximum Gasteiger partial charge on any atom is 0.277 e. The number of aromatic nitrogens is 5. The van der Waals surface area contributed by atoms with Crippen molar-refractivity contribution in [3.63, 3.8) is 0 Å². The average Bonchev–Trinajstić information content (AvgIpc) is 3.58. The minimum absolute atomic E-state index is 0.0425. The lowest BCUT2D eigenvalue weighted by molar-refractivity contribution is 0.0604. The van der Waals surface area contributed by atoms with Gasteiger partial charge in [-0.05, 0) is 55.5 Å². The molecule has 5 aromatic rings. The molecule has 1 aliphatic heterocycles. The SMILES string of the molecule is CC1CC(c2cn(Cc3cc4ccccc4n(C)c3=O)nn2)CCN1C(=O)c1noc(-c2ccc(Cl)cc2Cl)c1Cl. The Kier molecular flexibility index (Phi) is 7.36.